The van der Waals surface area contributed by atoms with E-state index in [4.69, 9.17) is 10.9 Å². The Morgan fingerprint density at radius 2 is 1.29 bits per heavy atom. The van der Waals surface area contributed by atoms with E-state index in [2.05, 4.69) is 10.6 Å². The molecule has 0 bridgehead atoms. The van der Waals surface area contributed by atoms with Crippen LogP contribution in [0.3, 0.4) is 0 Å². The minimum atomic E-state index is -4.07. The number of phenols is 1. The van der Waals surface area contributed by atoms with Crippen LogP contribution in [-0.2, 0) is 10.0 Å². The number of fused-ring (bicyclic) bond motifs is 2. The number of rotatable bonds is 5. The van der Waals surface area contributed by atoms with Crippen LogP contribution in [0.4, 0.5) is 28.4 Å². The molecule has 0 atom stereocenters. The lowest BCUT2D eigenvalue weighted by atomic mass is 10.1. The number of sulfonamides is 1. The van der Waals surface area contributed by atoms with Gasteiger partial charge in [-0.2, -0.15) is 0 Å². The molecule has 7 N–H and O–H groups in total. The third-order valence-corrected chi connectivity index (χ3v) is 6.67. The highest BCUT2D eigenvalue weighted by Gasteiger charge is 2.19. The molecule has 5 aromatic rings. The largest absolute Gasteiger partial charge is 0.507 e. The van der Waals surface area contributed by atoms with Gasteiger partial charge in [0, 0.05) is 21.8 Å². The topological polar surface area (TPSA) is 130 Å². The number of anilines is 5. The lowest BCUT2D eigenvalue weighted by Crippen LogP contribution is -2.15. The van der Waals surface area contributed by atoms with Gasteiger partial charge in [-0.1, -0.05) is 60.7 Å². The standard InChI is InChI=1S/C26H22N4O3S/c27-20-15-14-16-6-1-2-7-17(16)25(20)30-22-11-5-13-24(34(28,32)33)26(22)29-21-10-3-9-19-18(21)8-4-12-23(19)31/h1-15,29-31H,27H2,(H2,28,32,33). The van der Waals surface area contributed by atoms with E-state index >= 15 is 0 Å². The lowest BCUT2D eigenvalue weighted by Gasteiger charge is -2.20. The first-order valence-corrected chi connectivity index (χ1v) is 12.1. The molecule has 5 rings (SSSR count). The molecule has 0 saturated heterocycles. The summed E-state index contributed by atoms with van der Waals surface area (Å²) in [4.78, 5) is -0.0755. The average molecular weight is 471 g/mol. The number of nitrogens with one attached hydrogen (secondary N) is 2. The zero-order valence-electron chi connectivity index (χ0n) is 18.0. The molecule has 5 aromatic carbocycles. The second kappa shape index (κ2) is 8.26. The van der Waals surface area contributed by atoms with Crippen LogP contribution in [-0.4, -0.2) is 13.5 Å². The number of nitrogen functional groups attached to an aromatic ring is 1. The van der Waals surface area contributed by atoms with Gasteiger partial charge in [-0.25, -0.2) is 13.6 Å². The van der Waals surface area contributed by atoms with Gasteiger partial charge in [0.1, 0.15) is 10.6 Å². The average Bonchev–Trinajstić information content (AvgIpc) is 2.82. The summed E-state index contributed by atoms with van der Waals surface area (Å²) in [5.74, 6) is 0.128. The van der Waals surface area contributed by atoms with Crippen LogP contribution in [0.5, 0.6) is 5.75 Å². The van der Waals surface area contributed by atoms with Crippen molar-refractivity contribution in [2.24, 2.45) is 5.14 Å². The maximum atomic E-state index is 12.5. The monoisotopic (exact) mass is 470 g/mol. The van der Waals surface area contributed by atoms with Crippen LogP contribution < -0.4 is 21.5 Å². The van der Waals surface area contributed by atoms with Crippen molar-refractivity contribution in [3.05, 3.63) is 91.0 Å². The number of hydrogen-bond donors (Lipinski definition) is 5. The van der Waals surface area contributed by atoms with E-state index in [1.807, 2.05) is 36.4 Å². The quantitative estimate of drug-likeness (QED) is 0.218. The van der Waals surface area contributed by atoms with E-state index in [1.165, 1.54) is 6.07 Å². The fraction of sp³-hybridized carbons (Fsp3) is 0. The molecular weight excluding hydrogens is 448 g/mol. The van der Waals surface area contributed by atoms with Crippen molar-refractivity contribution in [2.75, 3.05) is 16.4 Å². The van der Waals surface area contributed by atoms with Crippen molar-refractivity contribution in [1.82, 2.24) is 0 Å². The van der Waals surface area contributed by atoms with E-state index in [-0.39, 0.29) is 16.3 Å². The Morgan fingerprint density at radius 1 is 0.647 bits per heavy atom. The number of primary sulfonamides is 1. The predicted octanol–water partition coefficient (Wildman–Crippen LogP) is 5.42. The van der Waals surface area contributed by atoms with Gasteiger partial charge in [0.2, 0.25) is 10.0 Å². The highest BCUT2D eigenvalue weighted by molar-refractivity contribution is 7.89. The number of aromatic hydroxyl groups is 1. The van der Waals surface area contributed by atoms with Gasteiger partial charge in [0.25, 0.3) is 0 Å². The number of para-hydroxylation sites is 1. The molecule has 0 aliphatic rings. The Labute approximate surface area is 196 Å². The van der Waals surface area contributed by atoms with E-state index in [1.54, 1.807) is 48.5 Å². The molecule has 8 heteroatoms. The lowest BCUT2D eigenvalue weighted by molar-refractivity contribution is 0.481. The summed E-state index contributed by atoms with van der Waals surface area (Å²) in [6.45, 7) is 0. The summed E-state index contributed by atoms with van der Waals surface area (Å²) in [7, 11) is -4.07. The minimum absolute atomic E-state index is 0.0755. The Morgan fingerprint density at radius 3 is 2.12 bits per heavy atom. The number of benzene rings is 5. The van der Waals surface area contributed by atoms with Crippen LogP contribution in [0.1, 0.15) is 0 Å². The Hall–Kier alpha value is -4.27. The third-order valence-electron chi connectivity index (χ3n) is 5.71. The maximum absolute atomic E-state index is 12.5. The number of nitrogens with two attached hydrogens (primary N) is 2. The number of phenolic OH excluding ortho intramolecular Hbond substituents is 1. The van der Waals surface area contributed by atoms with E-state index in [9.17, 15) is 13.5 Å². The van der Waals surface area contributed by atoms with Gasteiger partial charge < -0.3 is 21.5 Å². The molecule has 0 aliphatic heterocycles. The molecule has 0 spiro atoms. The van der Waals surface area contributed by atoms with Crippen molar-refractivity contribution < 1.29 is 13.5 Å². The Kier molecular flexibility index (Phi) is 5.24. The van der Waals surface area contributed by atoms with Crippen LogP contribution in [0.25, 0.3) is 21.5 Å². The third kappa shape index (κ3) is 3.85. The summed E-state index contributed by atoms with van der Waals surface area (Å²) in [5, 5.41) is 25.6. The normalized spacial score (nSPS) is 11.6. The maximum Gasteiger partial charge on any atom is 0.240 e. The van der Waals surface area contributed by atoms with E-state index in [0.717, 1.165) is 16.2 Å². The van der Waals surface area contributed by atoms with Crippen molar-refractivity contribution >= 4 is 60.0 Å². The van der Waals surface area contributed by atoms with Gasteiger partial charge >= 0.3 is 0 Å². The summed E-state index contributed by atoms with van der Waals surface area (Å²) in [6, 6.07) is 26.8. The summed E-state index contributed by atoms with van der Waals surface area (Å²) < 4.78 is 25.0. The van der Waals surface area contributed by atoms with Crippen LogP contribution in [0.2, 0.25) is 0 Å². The summed E-state index contributed by atoms with van der Waals surface area (Å²) in [6.07, 6.45) is 0. The van der Waals surface area contributed by atoms with Crippen LogP contribution in [0.15, 0.2) is 95.9 Å². The second-order valence-corrected chi connectivity index (χ2v) is 9.43. The molecule has 34 heavy (non-hydrogen) atoms. The first-order chi connectivity index (χ1) is 16.3. The van der Waals surface area contributed by atoms with Gasteiger partial charge in [-0.3, -0.25) is 0 Å². The Bertz CT molecular complexity index is 1670. The second-order valence-electron chi connectivity index (χ2n) is 7.90. The molecule has 0 fully saturated rings. The van der Waals surface area contributed by atoms with Crippen molar-refractivity contribution in [1.29, 1.82) is 0 Å². The highest BCUT2D eigenvalue weighted by atomic mass is 32.2. The molecule has 0 heterocycles. The van der Waals surface area contributed by atoms with Crippen molar-refractivity contribution in [3.8, 4) is 5.75 Å². The number of hydrogen-bond acceptors (Lipinski definition) is 6. The molecule has 170 valence electrons. The van der Waals surface area contributed by atoms with Gasteiger partial charge in [-0.15, -0.1) is 0 Å². The van der Waals surface area contributed by atoms with E-state index < -0.39 is 10.0 Å². The zero-order valence-corrected chi connectivity index (χ0v) is 18.8. The molecule has 0 aliphatic carbocycles. The predicted molar refractivity (Wildman–Crippen MR) is 138 cm³/mol. The first kappa shape index (κ1) is 21.6. The Balaban J connectivity index is 1.70. The van der Waals surface area contributed by atoms with Crippen LogP contribution >= 0.6 is 0 Å². The molecule has 0 unspecified atom stereocenters. The van der Waals surface area contributed by atoms with Gasteiger partial charge in [0.05, 0.1) is 22.7 Å². The summed E-state index contributed by atoms with van der Waals surface area (Å²) >= 11 is 0. The van der Waals surface area contributed by atoms with Crippen molar-refractivity contribution in [2.45, 2.75) is 4.90 Å². The minimum Gasteiger partial charge on any atom is -0.507 e. The smallest absolute Gasteiger partial charge is 0.240 e. The van der Waals surface area contributed by atoms with Gasteiger partial charge in [0.15, 0.2) is 0 Å². The molecule has 0 radical (unpaired) electrons. The molecular formula is C26H22N4O3S. The van der Waals surface area contributed by atoms with E-state index in [0.29, 0.717) is 28.1 Å². The summed E-state index contributed by atoms with van der Waals surface area (Å²) in [5.41, 5.74) is 8.83. The zero-order chi connectivity index (χ0) is 23.9. The van der Waals surface area contributed by atoms with Gasteiger partial charge in [-0.05, 0) is 35.7 Å². The SMILES string of the molecule is Nc1ccc2ccccc2c1Nc1cccc(S(N)(=O)=O)c1Nc1cccc2c(O)cccc12. The fourth-order valence-corrected chi connectivity index (χ4v) is 4.81. The molecule has 0 amide bonds. The molecule has 0 aromatic heterocycles. The van der Waals surface area contributed by atoms with Crippen molar-refractivity contribution in [3.63, 3.8) is 0 Å². The molecule has 7 nitrogen and oxygen atoms in total. The fourth-order valence-electron chi connectivity index (χ4n) is 4.10. The highest BCUT2D eigenvalue weighted by Crippen LogP contribution is 2.40. The first-order valence-electron chi connectivity index (χ1n) is 10.5. The van der Waals surface area contributed by atoms with Crippen LogP contribution in [0, 0.1) is 0 Å². The molecule has 0 saturated carbocycles.